The van der Waals surface area contributed by atoms with Crippen molar-refractivity contribution in [2.45, 2.75) is 33.4 Å². The molecule has 0 saturated heterocycles. The molecule has 2 aromatic carbocycles. The van der Waals surface area contributed by atoms with Crippen LogP contribution in [-0.4, -0.2) is 17.0 Å². The van der Waals surface area contributed by atoms with E-state index in [9.17, 15) is 4.79 Å². The van der Waals surface area contributed by atoms with E-state index in [4.69, 9.17) is 16.3 Å². The first-order valence-electron chi connectivity index (χ1n) is 9.15. The number of carbonyl (C=O) groups excluding carboxylic acids is 1. The molecule has 4 nitrogen and oxygen atoms in total. The molecule has 0 unspecified atom stereocenters. The summed E-state index contributed by atoms with van der Waals surface area (Å²) in [5.74, 6) is 1.04. The molecule has 1 aromatic heterocycles. The Labute approximate surface area is 170 Å². The van der Waals surface area contributed by atoms with Gasteiger partial charge in [-0.1, -0.05) is 41.9 Å². The summed E-state index contributed by atoms with van der Waals surface area (Å²) in [6.07, 6.45) is 0.989. The molecule has 1 atom stereocenters. The Bertz CT molecular complexity index is 960. The van der Waals surface area contributed by atoms with Crippen LogP contribution in [0.5, 0.6) is 5.75 Å². The van der Waals surface area contributed by atoms with E-state index >= 15 is 0 Å². The number of rotatable bonds is 6. The lowest BCUT2D eigenvalue weighted by Gasteiger charge is -2.26. The van der Waals surface area contributed by atoms with Gasteiger partial charge in [0.2, 0.25) is 0 Å². The first kappa shape index (κ1) is 19.9. The van der Waals surface area contributed by atoms with Gasteiger partial charge in [0, 0.05) is 11.2 Å². The Hall–Kier alpha value is -2.85. The zero-order valence-corrected chi connectivity index (χ0v) is 17.0. The topological polar surface area (TPSA) is 42.4 Å². The molecule has 1 heterocycles. The van der Waals surface area contributed by atoms with Crippen molar-refractivity contribution in [3.8, 4) is 5.75 Å². The summed E-state index contributed by atoms with van der Waals surface area (Å²) < 4.78 is 5.93. The second-order valence-corrected chi connectivity index (χ2v) is 7.12. The summed E-state index contributed by atoms with van der Waals surface area (Å²) in [6.45, 7) is 6.13. The lowest BCUT2D eigenvalue weighted by molar-refractivity contribution is -0.124. The number of amides is 1. The third-order valence-electron chi connectivity index (χ3n) is 4.62. The Morgan fingerprint density at radius 2 is 1.82 bits per heavy atom. The molecule has 0 aliphatic heterocycles. The van der Waals surface area contributed by atoms with Gasteiger partial charge in [0.05, 0.1) is 6.54 Å². The highest BCUT2D eigenvalue weighted by molar-refractivity contribution is 6.31. The normalized spacial score (nSPS) is 11.7. The largest absolute Gasteiger partial charge is 0.481 e. The van der Waals surface area contributed by atoms with Crippen molar-refractivity contribution in [1.82, 2.24) is 4.98 Å². The number of ether oxygens (including phenoxy) is 1. The summed E-state index contributed by atoms with van der Waals surface area (Å²) in [7, 11) is 0. The summed E-state index contributed by atoms with van der Waals surface area (Å²) >= 11 is 6.31. The molecule has 28 heavy (non-hydrogen) atoms. The molecular formula is C23H23ClN2O2. The SMILES string of the molecule is Cc1ccc(O[C@H](C)C(=O)N(Cc2ccccc2Cl)c2ccccn2)cc1C. The molecule has 0 fully saturated rings. The third kappa shape index (κ3) is 4.70. The Morgan fingerprint density at radius 3 is 2.50 bits per heavy atom. The molecule has 0 spiro atoms. The highest BCUT2D eigenvalue weighted by atomic mass is 35.5. The maximum atomic E-state index is 13.2. The van der Waals surface area contributed by atoms with Crippen molar-refractivity contribution in [2.24, 2.45) is 0 Å². The lowest BCUT2D eigenvalue weighted by Crippen LogP contribution is -2.40. The minimum Gasteiger partial charge on any atom is -0.481 e. The molecular weight excluding hydrogens is 372 g/mol. The molecule has 0 aliphatic carbocycles. The van der Waals surface area contributed by atoms with Crippen molar-refractivity contribution >= 4 is 23.3 Å². The molecule has 5 heteroatoms. The van der Waals surface area contributed by atoms with Gasteiger partial charge in [-0.3, -0.25) is 9.69 Å². The summed E-state index contributed by atoms with van der Waals surface area (Å²) in [5, 5.41) is 0.610. The van der Waals surface area contributed by atoms with Crippen LogP contribution in [0, 0.1) is 13.8 Å². The van der Waals surface area contributed by atoms with Crippen LogP contribution >= 0.6 is 11.6 Å². The van der Waals surface area contributed by atoms with E-state index < -0.39 is 6.10 Å². The molecule has 0 saturated carbocycles. The number of hydrogen-bond donors (Lipinski definition) is 0. The van der Waals surface area contributed by atoms with Crippen molar-refractivity contribution in [1.29, 1.82) is 0 Å². The molecule has 0 bridgehead atoms. The van der Waals surface area contributed by atoms with Gasteiger partial charge in [-0.25, -0.2) is 4.98 Å². The number of aryl methyl sites for hydroxylation is 2. The fourth-order valence-corrected chi connectivity index (χ4v) is 3.04. The average Bonchev–Trinajstić information content (AvgIpc) is 2.70. The summed E-state index contributed by atoms with van der Waals surface area (Å²) in [5.41, 5.74) is 3.15. The van der Waals surface area contributed by atoms with Gasteiger partial charge < -0.3 is 4.74 Å². The molecule has 3 aromatic rings. The highest BCUT2D eigenvalue weighted by Crippen LogP contribution is 2.23. The number of carbonyl (C=O) groups is 1. The van der Waals surface area contributed by atoms with Crippen LogP contribution in [0.2, 0.25) is 5.02 Å². The number of pyridine rings is 1. The Balaban J connectivity index is 1.85. The second-order valence-electron chi connectivity index (χ2n) is 6.71. The van der Waals surface area contributed by atoms with Gasteiger partial charge in [0.1, 0.15) is 11.6 Å². The van der Waals surface area contributed by atoms with Crippen LogP contribution in [0.1, 0.15) is 23.6 Å². The third-order valence-corrected chi connectivity index (χ3v) is 4.99. The Kier molecular flexibility index (Phi) is 6.32. The Morgan fingerprint density at radius 1 is 1.07 bits per heavy atom. The zero-order valence-electron chi connectivity index (χ0n) is 16.2. The summed E-state index contributed by atoms with van der Waals surface area (Å²) in [6, 6.07) is 18.8. The zero-order chi connectivity index (χ0) is 20.1. The minimum atomic E-state index is -0.674. The van der Waals surface area contributed by atoms with Gasteiger partial charge in [-0.2, -0.15) is 0 Å². The van der Waals surface area contributed by atoms with E-state index in [1.165, 1.54) is 5.56 Å². The number of aromatic nitrogens is 1. The van der Waals surface area contributed by atoms with E-state index in [1.807, 2.05) is 68.4 Å². The van der Waals surface area contributed by atoms with Crippen LogP contribution in [0.3, 0.4) is 0 Å². The minimum absolute atomic E-state index is 0.183. The lowest BCUT2D eigenvalue weighted by atomic mass is 10.1. The van der Waals surface area contributed by atoms with E-state index in [0.29, 0.717) is 23.1 Å². The molecule has 0 N–H and O–H groups in total. The fourth-order valence-electron chi connectivity index (χ4n) is 2.84. The summed E-state index contributed by atoms with van der Waals surface area (Å²) in [4.78, 5) is 19.2. The first-order chi connectivity index (χ1) is 13.5. The first-order valence-corrected chi connectivity index (χ1v) is 9.53. The van der Waals surface area contributed by atoms with Gasteiger partial charge in [-0.05, 0) is 67.8 Å². The standard InChI is InChI=1S/C23H23ClN2O2/c1-16-11-12-20(14-17(16)2)28-18(3)23(27)26(22-10-6-7-13-25-22)15-19-8-4-5-9-21(19)24/h4-14,18H,15H2,1-3H3/t18-/m1/s1. The highest BCUT2D eigenvalue weighted by Gasteiger charge is 2.25. The number of halogens is 1. The molecule has 3 rings (SSSR count). The van der Waals surface area contributed by atoms with E-state index in [2.05, 4.69) is 4.98 Å². The maximum absolute atomic E-state index is 13.2. The van der Waals surface area contributed by atoms with Gasteiger partial charge in [0.15, 0.2) is 6.10 Å². The van der Waals surface area contributed by atoms with Gasteiger partial charge in [-0.15, -0.1) is 0 Å². The predicted octanol–water partition coefficient (Wildman–Crippen LogP) is 5.35. The second kappa shape index (κ2) is 8.89. The fraction of sp³-hybridized carbons (Fsp3) is 0.217. The number of benzene rings is 2. The number of anilines is 1. The number of nitrogens with zero attached hydrogens (tertiary/aromatic N) is 2. The van der Waals surface area contributed by atoms with Crippen LogP contribution in [-0.2, 0) is 11.3 Å². The molecule has 1 amide bonds. The molecule has 144 valence electrons. The van der Waals surface area contributed by atoms with Crippen molar-refractivity contribution < 1.29 is 9.53 Å². The van der Waals surface area contributed by atoms with Crippen molar-refractivity contribution in [3.63, 3.8) is 0 Å². The van der Waals surface area contributed by atoms with Crippen LogP contribution < -0.4 is 9.64 Å². The predicted molar refractivity (Wildman–Crippen MR) is 113 cm³/mol. The van der Waals surface area contributed by atoms with Gasteiger partial charge >= 0.3 is 0 Å². The smallest absolute Gasteiger partial charge is 0.269 e. The van der Waals surface area contributed by atoms with Crippen LogP contribution in [0.15, 0.2) is 66.9 Å². The van der Waals surface area contributed by atoms with E-state index in [1.54, 1.807) is 24.1 Å². The van der Waals surface area contributed by atoms with Crippen LogP contribution in [0.25, 0.3) is 0 Å². The van der Waals surface area contributed by atoms with Crippen LogP contribution in [0.4, 0.5) is 5.82 Å². The quantitative estimate of drug-likeness (QED) is 0.565. The monoisotopic (exact) mass is 394 g/mol. The average molecular weight is 395 g/mol. The number of hydrogen-bond acceptors (Lipinski definition) is 3. The maximum Gasteiger partial charge on any atom is 0.269 e. The van der Waals surface area contributed by atoms with Crippen molar-refractivity contribution in [2.75, 3.05) is 4.90 Å². The molecule has 0 aliphatic rings. The van der Waals surface area contributed by atoms with Crippen molar-refractivity contribution in [3.05, 3.63) is 88.6 Å². The van der Waals surface area contributed by atoms with Gasteiger partial charge in [0.25, 0.3) is 5.91 Å². The molecule has 0 radical (unpaired) electrons. The van der Waals surface area contributed by atoms with E-state index in [0.717, 1.165) is 11.1 Å². The van der Waals surface area contributed by atoms with E-state index in [-0.39, 0.29) is 5.91 Å².